The van der Waals surface area contributed by atoms with Gasteiger partial charge in [0.25, 0.3) is 0 Å². The van der Waals surface area contributed by atoms with E-state index in [-0.39, 0.29) is 6.61 Å². The minimum Gasteiger partial charge on any atom is -0.394 e. The number of fused-ring (bicyclic) bond motifs is 1. The smallest absolute Gasteiger partial charge is 0.177 e. The van der Waals surface area contributed by atoms with Gasteiger partial charge in [-0.05, 0) is 6.92 Å². The molecule has 136 valence electrons. The Morgan fingerprint density at radius 2 is 2.16 bits per heavy atom. The summed E-state index contributed by atoms with van der Waals surface area (Å²) < 4.78 is 7.07. The fourth-order valence-electron chi connectivity index (χ4n) is 2.69. The zero-order valence-corrected chi connectivity index (χ0v) is 13.6. The van der Waals surface area contributed by atoms with Crippen LogP contribution in [-0.2, 0) is 4.74 Å². The van der Waals surface area contributed by atoms with Crippen LogP contribution in [0.5, 0.6) is 0 Å². The largest absolute Gasteiger partial charge is 0.394 e. The monoisotopic (exact) mass is 351 g/mol. The summed E-state index contributed by atoms with van der Waals surface area (Å²) in [4.78, 5) is 4.28. The van der Waals surface area contributed by atoms with Gasteiger partial charge >= 0.3 is 0 Å². The minimum absolute atomic E-state index is 0.0164. The number of nitrogens with zero attached hydrogens (tertiary/aromatic N) is 4. The number of anilines is 1. The molecule has 25 heavy (non-hydrogen) atoms. The predicted octanol–water partition coefficient (Wildman–Crippen LogP) is -1.21. The van der Waals surface area contributed by atoms with Crippen molar-refractivity contribution in [3.63, 3.8) is 0 Å². The summed E-state index contributed by atoms with van der Waals surface area (Å²) in [5.74, 6) is 0.449. The first kappa shape index (κ1) is 17.7. The summed E-state index contributed by atoms with van der Waals surface area (Å²) in [6, 6.07) is 0. The average Bonchev–Trinajstić information content (AvgIpc) is 3.17. The van der Waals surface area contributed by atoms with Gasteiger partial charge in [-0.3, -0.25) is 4.57 Å². The summed E-state index contributed by atoms with van der Waals surface area (Å²) in [7, 11) is 0. The summed E-state index contributed by atoms with van der Waals surface area (Å²) in [6.07, 6.45) is 0.637. The Balaban J connectivity index is 1.86. The van der Waals surface area contributed by atoms with E-state index < -0.39 is 31.1 Å². The molecule has 0 spiro atoms. The molecule has 1 aliphatic rings. The maximum absolute atomic E-state index is 10.2. The molecule has 3 heterocycles. The maximum Gasteiger partial charge on any atom is 0.177 e. The molecule has 0 saturated carbocycles. The number of aromatic nitrogens is 4. The lowest BCUT2D eigenvalue weighted by molar-refractivity contribution is -0.0509. The number of nitrogens with one attached hydrogen (secondary N) is 1. The third-order valence-corrected chi connectivity index (χ3v) is 4.15. The lowest BCUT2D eigenvalue weighted by Gasteiger charge is -2.16. The Bertz CT molecular complexity index is 764. The van der Waals surface area contributed by atoms with Crippen molar-refractivity contribution in [2.75, 3.05) is 25.1 Å². The zero-order valence-electron chi connectivity index (χ0n) is 13.6. The number of hydrogen-bond donors (Lipinski definition) is 5. The molecule has 0 radical (unpaired) electrons. The second-order valence-corrected chi connectivity index (χ2v) is 5.90. The second kappa shape index (κ2) is 7.42. The van der Waals surface area contributed by atoms with Crippen molar-refractivity contribution in [3.05, 3.63) is 24.2 Å². The number of imidazole rings is 1. The van der Waals surface area contributed by atoms with Crippen LogP contribution in [0.3, 0.4) is 0 Å². The number of aliphatic hydroxyl groups excluding tert-OH is 4. The molecule has 1 saturated heterocycles. The van der Waals surface area contributed by atoms with Gasteiger partial charge in [-0.1, -0.05) is 11.6 Å². The van der Waals surface area contributed by atoms with Crippen molar-refractivity contribution >= 4 is 16.9 Å². The number of hydrogen-bond acceptors (Lipinski definition) is 9. The first-order valence-electron chi connectivity index (χ1n) is 7.87. The van der Waals surface area contributed by atoms with Crippen molar-refractivity contribution in [2.45, 2.75) is 31.5 Å². The van der Waals surface area contributed by atoms with Gasteiger partial charge in [-0.25, -0.2) is 4.98 Å². The van der Waals surface area contributed by atoms with Crippen molar-refractivity contribution in [1.29, 1.82) is 0 Å². The minimum atomic E-state index is -1.20. The van der Waals surface area contributed by atoms with E-state index in [2.05, 4.69) is 20.5 Å². The summed E-state index contributed by atoms with van der Waals surface area (Å²) in [5, 5.41) is 49.3. The van der Waals surface area contributed by atoms with Crippen LogP contribution >= 0.6 is 0 Å². The van der Waals surface area contributed by atoms with E-state index >= 15 is 0 Å². The molecule has 3 rings (SSSR count). The Morgan fingerprint density at radius 3 is 2.84 bits per heavy atom. The van der Waals surface area contributed by atoms with Gasteiger partial charge in [-0.2, -0.15) is 5.10 Å². The van der Waals surface area contributed by atoms with Gasteiger partial charge in [-0.15, -0.1) is 5.10 Å². The molecule has 1 fully saturated rings. The molecule has 2 aromatic heterocycles. The lowest BCUT2D eigenvalue weighted by atomic mass is 10.1. The molecule has 10 nitrogen and oxygen atoms in total. The van der Waals surface area contributed by atoms with Crippen LogP contribution in [0.1, 0.15) is 13.2 Å². The molecule has 0 bridgehead atoms. The van der Waals surface area contributed by atoms with Crippen molar-refractivity contribution in [2.24, 2.45) is 0 Å². The van der Waals surface area contributed by atoms with E-state index in [0.29, 0.717) is 23.4 Å². The van der Waals surface area contributed by atoms with Gasteiger partial charge in [0.05, 0.1) is 31.3 Å². The fraction of sp³-hybridized carbons (Fsp3) is 0.533. The third kappa shape index (κ3) is 3.34. The molecule has 2 aromatic rings. The molecule has 0 amide bonds. The number of aliphatic hydroxyl groups is 4. The Labute approximate surface area is 143 Å². The maximum atomic E-state index is 10.2. The van der Waals surface area contributed by atoms with E-state index in [1.807, 2.05) is 13.0 Å². The highest BCUT2D eigenvalue weighted by molar-refractivity contribution is 5.85. The average molecular weight is 351 g/mol. The Morgan fingerprint density at radius 1 is 1.36 bits per heavy atom. The molecule has 10 heteroatoms. The first-order valence-corrected chi connectivity index (χ1v) is 7.87. The normalized spacial score (nSPS) is 27.2. The molecule has 5 N–H and O–H groups in total. The highest BCUT2D eigenvalue weighted by atomic mass is 16.6. The van der Waals surface area contributed by atoms with Crippen LogP contribution in [0, 0.1) is 0 Å². The molecule has 0 aromatic carbocycles. The van der Waals surface area contributed by atoms with Crippen LogP contribution in [0.4, 0.5) is 5.82 Å². The summed E-state index contributed by atoms with van der Waals surface area (Å²) in [5.41, 5.74) is 1.92. The van der Waals surface area contributed by atoms with Crippen LogP contribution < -0.4 is 5.32 Å². The first-order chi connectivity index (χ1) is 12.1. The van der Waals surface area contributed by atoms with E-state index in [1.54, 1.807) is 4.57 Å². The van der Waals surface area contributed by atoms with Crippen molar-refractivity contribution in [3.8, 4) is 0 Å². The third-order valence-electron chi connectivity index (χ3n) is 4.15. The summed E-state index contributed by atoms with van der Waals surface area (Å²) >= 11 is 0. The highest BCUT2D eigenvalue weighted by Crippen LogP contribution is 2.32. The molecule has 1 aliphatic heterocycles. The van der Waals surface area contributed by atoms with Gasteiger partial charge in [0.2, 0.25) is 0 Å². The standard InChI is InChI=1S/C15H21N5O5/c1-8(5-21)2-3-16-14-11-9(4-18-19-14)20(7-17-11)15-13(24)12(23)10(6-22)25-15/h2,4,7,10,12-13,15,21-24H,3,5-6H2,1H3,(H,16,19)/b8-2+/t10-,12+,13+,15+/m1/s1. The molecular formula is C15H21N5O5. The zero-order chi connectivity index (χ0) is 18.0. The number of rotatable bonds is 6. The van der Waals surface area contributed by atoms with Gasteiger partial charge in [0.1, 0.15) is 23.8 Å². The van der Waals surface area contributed by atoms with E-state index in [0.717, 1.165) is 5.57 Å². The van der Waals surface area contributed by atoms with Crippen molar-refractivity contribution < 1.29 is 25.2 Å². The Kier molecular flexibility index (Phi) is 5.25. The molecule has 4 atom stereocenters. The van der Waals surface area contributed by atoms with Gasteiger partial charge in [0.15, 0.2) is 12.0 Å². The van der Waals surface area contributed by atoms with Gasteiger partial charge in [0, 0.05) is 6.54 Å². The highest BCUT2D eigenvalue weighted by Gasteiger charge is 2.43. The predicted molar refractivity (Wildman–Crippen MR) is 87.7 cm³/mol. The summed E-state index contributed by atoms with van der Waals surface area (Å²) in [6.45, 7) is 1.84. The SMILES string of the molecule is C/C(=C\CNc1nncc2c1ncn2[C@H]1O[C@H](CO)[C@H](O)[C@@H]1O)CO. The van der Waals surface area contributed by atoms with E-state index in [4.69, 9.17) is 9.84 Å². The molecule has 0 unspecified atom stereocenters. The van der Waals surface area contributed by atoms with Crippen LogP contribution in [0.15, 0.2) is 24.2 Å². The second-order valence-electron chi connectivity index (χ2n) is 5.90. The van der Waals surface area contributed by atoms with E-state index in [1.165, 1.54) is 12.5 Å². The Hall–Kier alpha value is -2.11. The fourth-order valence-corrected chi connectivity index (χ4v) is 2.69. The van der Waals surface area contributed by atoms with E-state index in [9.17, 15) is 15.3 Å². The topological polar surface area (TPSA) is 146 Å². The van der Waals surface area contributed by atoms with Crippen LogP contribution in [-0.4, -0.2) is 78.2 Å². The van der Waals surface area contributed by atoms with Crippen LogP contribution in [0.25, 0.3) is 11.0 Å². The van der Waals surface area contributed by atoms with Crippen LogP contribution in [0.2, 0.25) is 0 Å². The lowest BCUT2D eigenvalue weighted by Crippen LogP contribution is -2.33. The van der Waals surface area contributed by atoms with Crippen molar-refractivity contribution in [1.82, 2.24) is 19.7 Å². The molecule has 0 aliphatic carbocycles. The van der Waals surface area contributed by atoms with Gasteiger partial charge < -0.3 is 30.5 Å². The quantitative estimate of drug-likeness (QED) is 0.404. The number of ether oxygens (including phenoxy) is 1. The molecular weight excluding hydrogens is 330 g/mol.